The molecule has 1 fully saturated rings. The molecule has 1 rings (SSSR count). The lowest BCUT2D eigenvalue weighted by molar-refractivity contribution is -0.146. The summed E-state index contributed by atoms with van der Waals surface area (Å²) < 4.78 is 11.3. The first-order chi connectivity index (χ1) is 17.0. The SMILES string of the molecule is CC[C@H](C)[C@@H]([C@@H](CC(=O)N1CCC[C@H]1[C@H](OC)[C@@H](C)C(=O)NCC(=O)O)OC)N(C)C(=O)CNC=O. The Kier molecular flexibility index (Phi) is 13.4. The lowest BCUT2D eigenvalue weighted by Gasteiger charge is -2.39. The zero-order valence-electron chi connectivity index (χ0n) is 22.2. The monoisotopic (exact) mass is 514 g/mol. The summed E-state index contributed by atoms with van der Waals surface area (Å²) in [6.07, 6.45) is 1.41. The molecule has 0 saturated carbocycles. The molecule has 0 aromatic heterocycles. The summed E-state index contributed by atoms with van der Waals surface area (Å²) in [6, 6.07) is -0.756. The number of ether oxygens (including phenoxy) is 2. The van der Waals surface area contributed by atoms with Gasteiger partial charge < -0.3 is 35.0 Å². The molecular formula is C24H42N4O8. The van der Waals surface area contributed by atoms with Crippen LogP contribution in [-0.2, 0) is 33.4 Å². The normalized spacial score (nSPS) is 19.5. The van der Waals surface area contributed by atoms with Crippen molar-refractivity contribution in [1.29, 1.82) is 0 Å². The standard InChI is InChI=1S/C24H42N4O8/c1-7-15(2)22(27(4)20(31)12-25-14-29)18(35-5)11-19(30)28-10-8-9-17(28)23(36-6)16(3)24(34)26-13-21(32)33/h14-18,22-23H,7-13H2,1-6H3,(H,25,29)(H,26,34)(H,32,33)/t15-,16+,17-,18+,22-,23+/m0/s1. The third-order valence-electron chi connectivity index (χ3n) is 7.05. The number of methoxy groups -OCH3 is 2. The molecule has 0 aliphatic carbocycles. The highest BCUT2D eigenvalue weighted by atomic mass is 16.5. The third kappa shape index (κ3) is 8.44. The number of amides is 4. The molecule has 12 nitrogen and oxygen atoms in total. The van der Waals surface area contributed by atoms with Gasteiger partial charge in [0.1, 0.15) is 6.54 Å². The van der Waals surface area contributed by atoms with Gasteiger partial charge >= 0.3 is 5.97 Å². The second kappa shape index (κ2) is 15.4. The number of likely N-dealkylation sites (N-methyl/N-ethyl adjacent to an activating group) is 1. The Balaban J connectivity index is 3.04. The second-order valence-corrected chi connectivity index (χ2v) is 9.26. The topological polar surface area (TPSA) is 155 Å². The summed E-state index contributed by atoms with van der Waals surface area (Å²) >= 11 is 0. The molecule has 3 N–H and O–H groups in total. The molecule has 1 heterocycles. The quantitative estimate of drug-likeness (QED) is 0.240. The smallest absolute Gasteiger partial charge is 0.322 e. The highest BCUT2D eigenvalue weighted by Gasteiger charge is 2.41. The number of nitrogens with zero attached hydrogens (tertiary/aromatic N) is 2. The first-order valence-corrected chi connectivity index (χ1v) is 12.3. The summed E-state index contributed by atoms with van der Waals surface area (Å²) in [4.78, 5) is 63.2. The van der Waals surface area contributed by atoms with Gasteiger partial charge in [-0.15, -0.1) is 0 Å². The van der Waals surface area contributed by atoms with Crippen molar-refractivity contribution < 1.29 is 38.6 Å². The number of carbonyl (C=O) groups is 5. The molecular weight excluding hydrogens is 472 g/mol. The van der Waals surface area contributed by atoms with Crippen LogP contribution in [0.15, 0.2) is 0 Å². The van der Waals surface area contributed by atoms with Crippen LogP contribution in [0.4, 0.5) is 0 Å². The minimum absolute atomic E-state index is 0.0204. The van der Waals surface area contributed by atoms with E-state index in [0.29, 0.717) is 19.4 Å². The van der Waals surface area contributed by atoms with E-state index in [1.807, 2.05) is 13.8 Å². The van der Waals surface area contributed by atoms with Gasteiger partial charge in [-0.25, -0.2) is 0 Å². The van der Waals surface area contributed by atoms with Gasteiger partial charge in [0.05, 0.1) is 43.2 Å². The van der Waals surface area contributed by atoms with Gasteiger partial charge in [0.15, 0.2) is 0 Å². The maximum Gasteiger partial charge on any atom is 0.322 e. The van der Waals surface area contributed by atoms with Crippen LogP contribution in [0.25, 0.3) is 0 Å². The molecule has 12 heteroatoms. The molecule has 0 radical (unpaired) electrons. The predicted molar refractivity (Wildman–Crippen MR) is 131 cm³/mol. The van der Waals surface area contributed by atoms with Crippen LogP contribution in [-0.4, -0.2) is 110 Å². The molecule has 0 aromatic carbocycles. The van der Waals surface area contributed by atoms with Crippen molar-refractivity contribution >= 4 is 30.1 Å². The fraction of sp³-hybridized carbons (Fsp3) is 0.792. The van der Waals surface area contributed by atoms with E-state index in [1.165, 1.54) is 19.1 Å². The van der Waals surface area contributed by atoms with Crippen molar-refractivity contribution in [3.63, 3.8) is 0 Å². The van der Waals surface area contributed by atoms with Gasteiger partial charge in [-0.05, 0) is 18.8 Å². The zero-order valence-corrected chi connectivity index (χ0v) is 22.2. The Bertz CT molecular complexity index is 764. The van der Waals surface area contributed by atoms with Crippen LogP contribution in [0.3, 0.4) is 0 Å². The summed E-state index contributed by atoms with van der Waals surface area (Å²) in [5, 5.41) is 13.6. The van der Waals surface area contributed by atoms with Crippen molar-refractivity contribution in [2.24, 2.45) is 11.8 Å². The molecule has 0 spiro atoms. The Labute approximate surface area is 213 Å². The van der Waals surface area contributed by atoms with E-state index in [0.717, 1.165) is 12.8 Å². The number of carboxylic acid groups (broad SMARTS) is 1. The van der Waals surface area contributed by atoms with Crippen molar-refractivity contribution in [3.05, 3.63) is 0 Å². The number of hydrogen-bond donors (Lipinski definition) is 3. The minimum atomic E-state index is -1.14. The molecule has 36 heavy (non-hydrogen) atoms. The number of nitrogens with one attached hydrogen (secondary N) is 2. The minimum Gasteiger partial charge on any atom is -0.480 e. The van der Waals surface area contributed by atoms with E-state index in [4.69, 9.17) is 14.6 Å². The van der Waals surface area contributed by atoms with Gasteiger partial charge in [-0.1, -0.05) is 27.2 Å². The van der Waals surface area contributed by atoms with Crippen LogP contribution in [0, 0.1) is 11.8 Å². The van der Waals surface area contributed by atoms with E-state index in [2.05, 4.69) is 10.6 Å². The van der Waals surface area contributed by atoms with E-state index in [9.17, 15) is 24.0 Å². The molecule has 206 valence electrons. The lowest BCUT2D eigenvalue weighted by atomic mass is 9.90. The van der Waals surface area contributed by atoms with Crippen LogP contribution in [0.1, 0.15) is 46.5 Å². The fourth-order valence-electron chi connectivity index (χ4n) is 4.90. The largest absolute Gasteiger partial charge is 0.480 e. The summed E-state index contributed by atoms with van der Waals surface area (Å²) in [7, 11) is 4.61. The van der Waals surface area contributed by atoms with Gasteiger partial charge in [0, 0.05) is 27.8 Å². The van der Waals surface area contributed by atoms with Crippen molar-refractivity contribution in [1.82, 2.24) is 20.4 Å². The van der Waals surface area contributed by atoms with Gasteiger partial charge in [0.25, 0.3) is 0 Å². The maximum absolute atomic E-state index is 13.5. The van der Waals surface area contributed by atoms with Crippen LogP contribution in [0.5, 0.6) is 0 Å². The maximum atomic E-state index is 13.5. The highest BCUT2D eigenvalue weighted by molar-refractivity contribution is 5.83. The Hall–Kier alpha value is -2.73. The van der Waals surface area contributed by atoms with E-state index < -0.39 is 42.6 Å². The number of hydrogen-bond acceptors (Lipinski definition) is 7. The van der Waals surface area contributed by atoms with E-state index >= 15 is 0 Å². The molecule has 4 amide bonds. The zero-order chi connectivity index (χ0) is 27.4. The van der Waals surface area contributed by atoms with Crippen molar-refractivity contribution in [2.75, 3.05) is 40.9 Å². The van der Waals surface area contributed by atoms with Crippen molar-refractivity contribution in [3.8, 4) is 0 Å². The Morgan fingerprint density at radius 1 is 1.17 bits per heavy atom. The molecule has 1 aliphatic rings. The number of carboxylic acids is 1. The van der Waals surface area contributed by atoms with E-state index in [1.54, 1.807) is 18.9 Å². The summed E-state index contributed by atoms with van der Waals surface area (Å²) in [5.41, 5.74) is 0. The molecule has 6 atom stereocenters. The molecule has 0 aromatic rings. The lowest BCUT2D eigenvalue weighted by Crippen LogP contribution is -2.54. The number of carbonyl (C=O) groups excluding carboxylic acids is 4. The fourth-order valence-corrected chi connectivity index (χ4v) is 4.90. The van der Waals surface area contributed by atoms with E-state index in [-0.39, 0.29) is 36.7 Å². The van der Waals surface area contributed by atoms with Gasteiger partial charge in [-0.3, -0.25) is 24.0 Å². The van der Waals surface area contributed by atoms with Crippen LogP contribution < -0.4 is 10.6 Å². The Morgan fingerprint density at radius 2 is 1.83 bits per heavy atom. The first-order valence-electron chi connectivity index (χ1n) is 12.3. The number of rotatable bonds is 16. The number of aliphatic carboxylic acids is 1. The molecule has 1 aliphatic heterocycles. The average molecular weight is 515 g/mol. The van der Waals surface area contributed by atoms with Crippen LogP contribution in [0.2, 0.25) is 0 Å². The Morgan fingerprint density at radius 3 is 2.36 bits per heavy atom. The van der Waals surface area contributed by atoms with Crippen LogP contribution >= 0.6 is 0 Å². The average Bonchev–Trinajstić information content (AvgIpc) is 3.34. The predicted octanol–water partition coefficient (Wildman–Crippen LogP) is -0.146. The van der Waals surface area contributed by atoms with Crippen molar-refractivity contribution in [2.45, 2.75) is 70.7 Å². The summed E-state index contributed by atoms with van der Waals surface area (Å²) in [5.74, 6) is -2.72. The van der Waals surface area contributed by atoms with Gasteiger partial charge in [0.2, 0.25) is 24.1 Å². The second-order valence-electron chi connectivity index (χ2n) is 9.26. The molecule has 0 bridgehead atoms. The molecule has 1 saturated heterocycles. The third-order valence-corrected chi connectivity index (χ3v) is 7.05. The molecule has 0 unspecified atom stereocenters. The summed E-state index contributed by atoms with van der Waals surface area (Å²) in [6.45, 7) is 5.48. The van der Waals surface area contributed by atoms with Gasteiger partial charge in [-0.2, -0.15) is 0 Å². The number of likely N-dealkylation sites (tertiary alicyclic amines) is 1. The highest BCUT2D eigenvalue weighted by Crippen LogP contribution is 2.29. The first kappa shape index (κ1) is 31.3.